The largest absolute Gasteiger partial charge is 0.493 e. The second-order valence-corrected chi connectivity index (χ2v) is 7.17. The summed E-state index contributed by atoms with van der Waals surface area (Å²) in [5.41, 5.74) is 0.295. The minimum absolute atomic E-state index is 0.130. The number of ether oxygens (including phenoxy) is 2. The van der Waals surface area contributed by atoms with E-state index in [1.54, 1.807) is 7.11 Å². The third-order valence-corrected chi connectivity index (χ3v) is 5.81. The van der Waals surface area contributed by atoms with E-state index in [9.17, 15) is 4.79 Å². The van der Waals surface area contributed by atoms with Crippen LogP contribution >= 0.6 is 0 Å². The number of fused-ring (bicyclic) bond motifs is 1. The summed E-state index contributed by atoms with van der Waals surface area (Å²) < 4.78 is 12.0. The van der Waals surface area contributed by atoms with Gasteiger partial charge in [-0.15, -0.1) is 0 Å². The lowest BCUT2D eigenvalue weighted by Crippen LogP contribution is -2.58. The van der Waals surface area contributed by atoms with Crippen molar-refractivity contribution in [2.24, 2.45) is 5.92 Å². The van der Waals surface area contributed by atoms with Crippen LogP contribution in [0.5, 0.6) is 11.5 Å². The van der Waals surface area contributed by atoms with Crippen molar-refractivity contribution in [3.63, 3.8) is 0 Å². The van der Waals surface area contributed by atoms with Crippen molar-refractivity contribution in [3.8, 4) is 11.5 Å². The number of carbonyl (C=O) groups is 1. The van der Waals surface area contributed by atoms with Gasteiger partial charge < -0.3 is 19.3 Å². The molecular weight excluding hydrogens is 316 g/mol. The Morgan fingerprint density at radius 1 is 1.32 bits per heavy atom. The molecule has 5 nitrogen and oxygen atoms in total. The van der Waals surface area contributed by atoms with Crippen molar-refractivity contribution in [2.45, 2.75) is 38.7 Å². The highest BCUT2D eigenvalue weighted by Gasteiger charge is 2.54. The minimum atomic E-state index is -0.787. The number of rotatable bonds is 5. The number of hydrogen-bond acceptors (Lipinski definition) is 4. The Morgan fingerprint density at radius 3 is 2.60 bits per heavy atom. The van der Waals surface area contributed by atoms with Gasteiger partial charge in [0.1, 0.15) is 0 Å². The Hall–Kier alpha value is -1.75. The van der Waals surface area contributed by atoms with Gasteiger partial charge in [-0.1, -0.05) is 12.1 Å². The lowest BCUT2D eigenvalue weighted by Gasteiger charge is -2.42. The van der Waals surface area contributed by atoms with Gasteiger partial charge >= 0.3 is 0 Å². The van der Waals surface area contributed by atoms with Gasteiger partial charge in [0.25, 0.3) is 5.91 Å². The van der Waals surface area contributed by atoms with Crippen LogP contribution in [0.2, 0.25) is 0 Å². The van der Waals surface area contributed by atoms with Crippen LogP contribution in [0.15, 0.2) is 18.2 Å². The molecule has 1 aromatic rings. The summed E-state index contributed by atoms with van der Waals surface area (Å²) in [6, 6.07) is 5.95. The molecule has 138 valence electrons. The molecule has 5 heteroatoms. The predicted molar refractivity (Wildman–Crippen MR) is 98.2 cm³/mol. The average Bonchev–Trinajstić information content (AvgIpc) is 3.04. The van der Waals surface area contributed by atoms with E-state index in [1.165, 1.54) is 0 Å². The molecule has 2 heterocycles. The molecule has 25 heavy (non-hydrogen) atoms. The van der Waals surface area contributed by atoms with Gasteiger partial charge in [-0.05, 0) is 52.9 Å². The van der Waals surface area contributed by atoms with Crippen LogP contribution in [0.3, 0.4) is 0 Å². The number of benzene rings is 1. The Labute approximate surface area is 150 Å². The van der Waals surface area contributed by atoms with Gasteiger partial charge in [0.05, 0.1) is 7.11 Å². The van der Waals surface area contributed by atoms with Gasteiger partial charge in [0.2, 0.25) is 0 Å². The maximum atomic E-state index is 13.5. The van der Waals surface area contributed by atoms with Crippen LogP contribution < -0.4 is 9.47 Å². The maximum absolute atomic E-state index is 13.5. The molecule has 0 aromatic heterocycles. The lowest BCUT2D eigenvalue weighted by molar-refractivity contribution is -0.153. The number of methoxy groups -OCH3 is 1. The highest BCUT2D eigenvalue weighted by Crippen LogP contribution is 2.47. The molecule has 1 amide bonds. The molecule has 1 fully saturated rings. The van der Waals surface area contributed by atoms with Gasteiger partial charge in [-0.25, -0.2) is 0 Å². The predicted octanol–water partition coefficient (Wildman–Crippen LogP) is 2.58. The van der Waals surface area contributed by atoms with E-state index in [4.69, 9.17) is 9.47 Å². The summed E-state index contributed by atoms with van der Waals surface area (Å²) in [6.45, 7) is 7.50. The zero-order valence-corrected chi connectivity index (χ0v) is 15.9. The first-order valence-corrected chi connectivity index (χ1v) is 9.38. The number of amides is 1. The van der Waals surface area contributed by atoms with E-state index < -0.39 is 5.60 Å². The molecular formula is C20H30N2O3. The van der Waals surface area contributed by atoms with Gasteiger partial charge in [-0.2, -0.15) is 0 Å². The Morgan fingerprint density at radius 2 is 2.00 bits per heavy atom. The quantitative estimate of drug-likeness (QED) is 0.822. The van der Waals surface area contributed by atoms with E-state index in [2.05, 4.69) is 18.0 Å². The Kier molecular flexibility index (Phi) is 5.23. The molecule has 1 unspecified atom stereocenters. The number of likely N-dealkylation sites (tertiary alicyclic amines) is 1. The van der Waals surface area contributed by atoms with Crippen molar-refractivity contribution < 1.29 is 14.3 Å². The number of piperidine rings is 1. The Bertz CT molecular complexity index is 621. The third-order valence-electron chi connectivity index (χ3n) is 5.81. The molecule has 1 atom stereocenters. The number of carbonyl (C=O) groups excluding carboxylic acids is 1. The van der Waals surface area contributed by atoms with Gasteiger partial charge in [0.15, 0.2) is 17.1 Å². The maximum Gasteiger partial charge on any atom is 0.267 e. The second kappa shape index (κ2) is 7.24. The SMILES string of the molecule is CCN(CC)C(=O)C1(C2CCN(C)CC2)Cc2cccc(OC)c2O1. The fourth-order valence-corrected chi connectivity index (χ4v) is 4.25. The molecule has 0 spiro atoms. The minimum Gasteiger partial charge on any atom is -0.493 e. The van der Waals surface area contributed by atoms with E-state index in [0.717, 1.165) is 43.0 Å². The highest BCUT2D eigenvalue weighted by atomic mass is 16.5. The first kappa shape index (κ1) is 18.1. The fourth-order valence-electron chi connectivity index (χ4n) is 4.25. The van der Waals surface area contributed by atoms with Crippen LogP contribution in [-0.4, -0.2) is 61.6 Å². The van der Waals surface area contributed by atoms with Crippen LogP contribution in [0, 0.1) is 5.92 Å². The van der Waals surface area contributed by atoms with Gasteiger partial charge in [-0.3, -0.25) is 4.79 Å². The smallest absolute Gasteiger partial charge is 0.267 e. The molecule has 0 N–H and O–H groups in total. The topological polar surface area (TPSA) is 42.0 Å². The van der Waals surface area contributed by atoms with E-state index in [0.29, 0.717) is 19.5 Å². The van der Waals surface area contributed by atoms with Crippen LogP contribution in [0.25, 0.3) is 0 Å². The number of nitrogens with zero attached hydrogens (tertiary/aromatic N) is 2. The summed E-state index contributed by atoms with van der Waals surface area (Å²) in [5, 5.41) is 0. The third kappa shape index (κ3) is 3.10. The van der Waals surface area contributed by atoms with Crippen LogP contribution in [0.4, 0.5) is 0 Å². The van der Waals surface area contributed by atoms with E-state index >= 15 is 0 Å². The number of para-hydroxylation sites is 1. The van der Waals surface area contributed by atoms with Crippen molar-refractivity contribution in [2.75, 3.05) is 40.3 Å². The summed E-state index contributed by atoms with van der Waals surface area (Å²) in [5.74, 6) is 1.84. The zero-order valence-electron chi connectivity index (χ0n) is 15.9. The van der Waals surface area contributed by atoms with E-state index in [-0.39, 0.29) is 11.8 Å². The van der Waals surface area contributed by atoms with Gasteiger partial charge in [0, 0.05) is 31.0 Å². The molecule has 0 saturated carbocycles. The first-order valence-electron chi connectivity index (χ1n) is 9.38. The molecule has 0 aliphatic carbocycles. The molecule has 2 aliphatic rings. The normalized spacial score (nSPS) is 23.8. The van der Waals surface area contributed by atoms with Crippen molar-refractivity contribution in [1.82, 2.24) is 9.80 Å². The summed E-state index contributed by atoms with van der Waals surface area (Å²) in [4.78, 5) is 17.8. The molecule has 3 rings (SSSR count). The van der Waals surface area contributed by atoms with Crippen LogP contribution in [-0.2, 0) is 11.2 Å². The number of likely N-dealkylation sites (N-methyl/N-ethyl adjacent to an activating group) is 1. The highest BCUT2D eigenvalue weighted by molar-refractivity contribution is 5.88. The van der Waals surface area contributed by atoms with Crippen LogP contribution in [0.1, 0.15) is 32.3 Å². The fraction of sp³-hybridized carbons (Fsp3) is 0.650. The number of hydrogen-bond donors (Lipinski definition) is 0. The second-order valence-electron chi connectivity index (χ2n) is 7.17. The molecule has 1 saturated heterocycles. The molecule has 0 radical (unpaired) electrons. The Balaban J connectivity index is 1.98. The first-order chi connectivity index (χ1) is 12.1. The van der Waals surface area contributed by atoms with Crippen molar-refractivity contribution in [1.29, 1.82) is 0 Å². The zero-order chi connectivity index (χ0) is 18.0. The van der Waals surface area contributed by atoms with Crippen molar-refractivity contribution in [3.05, 3.63) is 23.8 Å². The molecule has 1 aromatic carbocycles. The molecule has 2 aliphatic heterocycles. The monoisotopic (exact) mass is 346 g/mol. The summed E-state index contributed by atoms with van der Waals surface area (Å²) >= 11 is 0. The van der Waals surface area contributed by atoms with Crippen molar-refractivity contribution >= 4 is 5.91 Å². The molecule has 0 bridgehead atoms. The van der Waals surface area contributed by atoms with E-state index in [1.807, 2.05) is 30.9 Å². The summed E-state index contributed by atoms with van der Waals surface area (Å²) in [7, 11) is 3.79. The lowest BCUT2D eigenvalue weighted by atomic mass is 9.77. The average molecular weight is 346 g/mol. The summed E-state index contributed by atoms with van der Waals surface area (Å²) in [6.07, 6.45) is 2.61. The standard InChI is InChI=1S/C20H30N2O3/c1-5-22(6-2)19(23)20(16-10-12-21(3)13-11-16)14-15-8-7-9-17(24-4)18(15)25-20/h7-9,16H,5-6,10-14H2,1-4H3.